The highest BCUT2D eigenvalue weighted by molar-refractivity contribution is 5.81. The van der Waals surface area contributed by atoms with Crippen molar-refractivity contribution in [3.05, 3.63) is 34.6 Å². The fourth-order valence-electron chi connectivity index (χ4n) is 4.80. The van der Waals surface area contributed by atoms with E-state index in [2.05, 4.69) is 4.98 Å². The molecule has 0 saturated heterocycles. The van der Waals surface area contributed by atoms with E-state index in [0.717, 1.165) is 23.9 Å². The van der Waals surface area contributed by atoms with Gasteiger partial charge in [-0.2, -0.15) is 0 Å². The molecule has 0 aliphatic heterocycles. The minimum atomic E-state index is -0.760. The number of aromatic nitrogens is 2. The van der Waals surface area contributed by atoms with Gasteiger partial charge in [-0.15, -0.1) is 10.1 Å². The van der Waals surface area contributed by atoms with Crippen molar-refractivity contribution in [2.24, 2.45) is 7.05 Å². The molecule has 34 heavy (non-hydrogen) atoms. The number of aryl methyl sites for hydroxylation is 1. The normalized spacial score (nSPS) is 19.6. The summed E-state index contributed by atoms with van der Waals surface area (Å²) in [4.78, 5) is 34.2. The number of aliphatic hydroxyl groups is 1. The molecule has 3 atom stereocenters. The van der Waals surface area contributed by atoms with Crippen molar-refractivity contribution in [3.63, 3.8) is 0 Å². The number of para-hydroxylation sites is 1. The fraction of sp³-hybridized carbons (Fsp3) is 0.652. The van der Waals surface area contributed by atoms with Crippen LogP contribution in [0, 0.1) is 10.1 Å². The Bertz CT molecular complexity index is 993. The van der Waals surface area contributed by atoms with Gasteiger partial charge in [-0.3, -0.25) is 4.79 Å². The Morgan fingerprint density at radius 2 is 2.12 bits per heavy atom. The topological polar surface area (TPSA) is 120 Å². The van der Waals surface area contributed by atoms with Gasteiger partial charge in [0, 0.05) is 14.0 Å². The van der Waals surface area contributed by atoms with Gasteiger partial charge in [0.25, 0.3) is 5.09 Å². The van der Waals surface area contributed by atoms with Crippen molar-refractivity contribution in [1.82, 2.24) is 14.5 Å². The first-order chi connectivity index (χ1) is 16.1. The minimum absolute atomic E-state index is 0.128. The maximum atomic E-state index is 12.4. The van der Waals surface area contributed by atoms with Crippen LogP contribution in [0.3, 0.4) is 0 Å². The van der Waals surface area contributed by atoms with Crippen LogP contribution in [0.1, 0.15) is 32.6 Å². The SMILES string of the molecule is CC(=O)N(CC[N+](C)(C)CC(O)COc1cccc2ncn(C)c12)C1CCCCC1O[N+](=O)[O-]. The number of carbonyl (C=O) groups excluding carboxylic acids is 1. The zero-order valence-corrected chi connectivity index (χ0v) is 20.4. The first-order valence-corrected chi connectivity index (χ1v) is 11.7. The number of amides is 1. The van der Waals surface area contributed by atoms with E-state index in [-0.39, 0.29) is 18.6 Å². The van der Waals surface area contributed by atoms with Crippen LogP contribution >= 0.6 is 0 Å². The first-order valence-electron chi connectivity index (χ1n) is 11.7. The molecular weight excluding hydrogens is 442 g/mol. The molecular formula is C23H36N5O6+. The van der Waals surface area contributed by atoms with E-state index in [0.29, 0.717) is 42.7 Å². The number of ether oxygens (including phenoxy) is 1. The second-order valence-corrected chi connectivity index (χ2v) is 9.72. The van der Waals surface area contributed by atoms with Gasteiger partial charge >= 0.3 is 0 Å². The van der Waals surface area contributed by atoms with Crippen molar-refractivity contribution in [1.29, 1.82) is 0 Å². The highest BCUT2D eigenvalue weighted by Crippen LogP contribution is 2.27. The van der Waals surface area contributed by atoms with E-state index < -0.39 is 17.3 Å². The number of aliphatic hydroxyl groups excluding tert-OH is 1. The molecule has 1 amide bonds. The fourth-order valence-corrected chi connectivity index (χ4v) is 4.80. The summed E-state index contributed by atoms with van der Waals surface area (Å²) in [6.07, 6.45) is 3.41. The lowest BCUT2D eigenvalue weighted by molar-refractivity contribution is -0.892. The molecule has 11 heteroatoms. The Kier molecular flexibility index (Phi) is 8.32. The van der Waals surface area contributed by atoms with Crippen LogP contribution in [-0.2, 0) is 16.7 Å². The minimum Gasteiger partial charge on any atom is -0.488 e. The molecule has 1 fully saturated rings. The second kappa shape index (κ2) is 11.0. The molecule has 0 spiro atoms. The Hall–Kier alpha value is -2.92. The Morgan fingerprint density at radius 1 is 1.38 bits per heavy atom. The van der Waals surface area contributed by atoms with Crippen molar-refractivity contribution < 1.29 is 29.0 Å². The third kappa shape index (κ3) is 6.57. The third-order valence-electron chi connectivity index (χ3n) is 6.48. The number of quaternary nitrogens is 1. The maximum Gasteiger partial charge on any atom is 0.294 e. The Labute approximate surface area is 199 Å². The number of hydrogen-bond acceptors (Lipinski definition) is 7. The molecule has 1 aliphatic carbocycles. The predicted molar refractivity (Wildman–Crippen MR) is 126 cm³/mol. The highest BCUT2D eigenvalue weighted by Gasteiger charge is 2.35. The molecule has 1 heterocycles. The van der Waals surface area contributed by atoms with Gasteiger partial charge in [-0.25, -0.2) is 4.98 Å². The summed E-state index contributed by atoms with van der Waals surface area (Å²) in [7, 11) is 5.86. The summed E-state index contributed by atoms with van der Waals surface area (Å²) in [5.74, 6) is 0.538. The van der Waals surface area contributed by atoms with Crippen LogP contribution in [0.15, 0.2) is 24.5 Å². The largest absolute Gasteiger partial charge is 0.488 e. The van der Waals surface area contributed by atoms with Crippen molar-refractivity contribution >= 4 is 16.9 Å². The van der Waals surface area contributed by atoms with Crippen LogP contribution in [-0.4, -0.2) is 93.6 Å². The van der Waals surface area contributed by atoms with Crippen molar-refractivity contribution in [3.8, 4) is 5.75 Å². The first kappa shape index (κ1) is 25.7. The predicted octanol–water partition coefficient (Wildman–Crippen LogP) is 1.76. The molecule has 1 aromatic heterocycles. The van der Waals surface area contributed by atoms with E-state index in [1.807, 2.05) is 43.9 Å². The molecule has 3 rings (SSSR count). The van der Waals surface area contributed by atoms with Gasteiger partial charge in [0.15, 0.2) is 0 Å². The van der Waals surface area contributed by atoms with Gasteiger partial charge in [0.1, 0.15) is 36.6 Å². The Morgan fingerprint density at radius 3 is 2.82 bits per heavy atom. The molecule has 3 unspecified atom stereocenters. The third-order valence-corrected chi connectivity index (χ3v) is 6.48. The number of rotatable bonds is 11. The molecule has 1 aromatic carbocycles. The summed E-state index contributed by atoms with van der Waals surface area (Å²) < 4.78 is 8.25. The van der Waals surface area contributed by atoms with Gasteiger partial charge in [0.05, 0.1) is 45.1 Å². The number of likely N-dealkylation sites (N-methyl/N-ethyl adjacent to an activating group) is 1. The average Bonchev–Trinajstić information content (AvgIpc) is 3.14. The Balaban J connectivity index is 1.56. The number of carbonyl (C=O) groups is 1. The number of fused-ring (bicyclic) bond motifs is 1. The molecule has 188 valence electrons. The number of hydrogen-bond donors (Lipinski definition) is 1. The summed E-state index contributed by atoms with van der Waals surface area (Å²) in [5, 5.41) is 20.8. The quantitative estimate of drug-likeness (QED) is 0.297. The lowest BCUT2D eigenvalue weighted by Crippen LogP contribution is -2.55. The van der Waals surface area contributed by atoms with Crippen LogP contribution in [0.5, 0.6) is 5.75 Å². The van der Waals surface area contributed by atoms with Crippen LogP contribution in [0.4, 0.5) is 0 Å². The molecule has 1 aliphatic rings. The van der Waals surface area contributed by atoms with E-state index in [4.69, 9.17) is 9.57 Å². The monoisotopic (exact) mass is 478 g/mol. The van der Waals surface area contributed by atoms with Gasteiger partial charge < -0.3 is 28.6 Å². The average molecular weight is 479 g/mol. The van der Waals surface area contributed by atoms with Crippen molar-refractivity contribution in [2.45, 2.75) is 50.9 Å². The number of imidazole rings is 1. The van der Waals surface area contributed by atoms with Crippen LogP contribution in [0.2, 0.25) is 0 Å². The van der Waals surface area contributed by atoms with Crippen LogP contribution in [0.25, 0.3) is 11.0 Å². The molecule has 1 saturated carbocycles. The van der Waals surface area contributed by atoms with Crippen molar-refractivity contribution in [2.75, 3.05) is 40.3 Å². The van der Waals surface area contributed by atoms with E-state index in [9.17, 15) is 20.0 Å². The standard InChI is InChI=1S/C23H36N5O6/c1-17(29)26(20-9-5-6-10-21(20)34-27(31)32)12-13-28(3,4)14-18(30)15-33-22-11-7-8-19-23(22)25(2)16-24-19/h7-8,11,16,18,20-21,30H,5-6,9-10,12-15H2,1-4H3/q+1. The molecule has 0 radical (unpaired) electrons. The zero-order chi connectivity index (χ0) is 24.9. The number of nitrogens with zero attached hydrogens (tertiary/aromatic N) is 5. The molecule has 2 aromatic rings. The number of benzene rings is 1. The van der Waals surface area contributed by atoms with Gasteiger partial charge in [-0.05, 0) is 25.0 Å². The summed E-state index contributed by atoms with van der Waals surface area (Å²) in [6, 6.07) is 5.32. The summed E-state index contributed by atoms with van der Waals surface area (Å²) >= 11 is 0. The summed E-state index contributed by atoms with van der Waals surface area (Å²) in [6.45, 7) is 3.04. The second-order valence-electron chi connectivity index (χ2n) is 9.72. The van der Waals surface area contributed by atoms with Crippen LogP contribution < -0.4 is 4.74 Å². The maximum absolute atomic E-state index is 12.4. The smallest absolute Gasteiger partial charge is 0.294 e. The zero-order valence-electron chi connectivity index (χ0n) is 20.4. The van der Waals surface area contributed by atoms with E-state index in [1.54, 1.807) is 11.2 Å². The highest BCUT2D eigenvalue weighted by atomic mass is 17.0. The van der Waals surface area contributed by atoms with E-state index >= 15 is 0 Å². The van der Waals surface area contributed by atoms with E-state index in [1.165, 1.54) is 6.92 Å². The van der Waals surface area contributed by atoms with Gasteiger partial charge in [0.2, 0.25) is 5.91 Å². The lowest BCUT2D eigenvalue weighted by Gasteiger charge is -2.40. The van der Waals surface area contributed by atoms with Gasteiger partial charge in [-0.1, -0.05) is 18.9 Å². The summed E-state index contributed by atoms with van der Waals surface area (Å²) in [5.41, 5.74) is 1.71. The lowest BCUT2D eigenvalue weighted by atomic mass is 9.91. The molecule has 11 nitrogen and oxygen atoms in total. The molecule has 1 N–H and O–H groups in total. The molecule has 0 bridgehead atoms.